The SMILES string of the molecule is CCC(N)C(C)c1cc(Cl)ccc1Cl. The smallest absolute Gasteiger partial charge is 0.0442 e. The average Bonchev–Trinajstić information content (AvgIpc) is 2.19. The van der Waals surface area contributed by atoms with E-state index in [2.05, 4.69) is 13.8 Å². The zero-order chi connectivity index (χ0) is 10.7. The second kappa shape index (κ2) is 5.01. The van der Waals surface area contributed by atoms with Crippen molar-refractivity contribution in [3.63, 3.8) is 0 Å². The molecule has 14 heavy (non-hydrogen) atoms. The fourth-order valence-corrected chi connectivity index (χ4v) is 1.92. The molecule has 0 saturated heterocycles. The maximum atomic E-state index is 6.08. The van der Waals surface area contributed by atoms with Crippen LogP contribution in [0.15, 0.2) is 18.2 Å². The van der Waals surface area contributed by atoms with Crippen molar-refractivity contribution in [1.82, 2.24) is 0 Å². The van der Waals surface area contributed by atoms with Gasteiger partial charge >= 0.3 is 0 Å². The van der Waals surface area contributed by atoms with Gasteiger partial charge in [-0.3, -0.25) is 0 Å². The minimum Gasteiger partial charge on any atom is -0.327 e. The molecule has 0 aliphatic heterocycles. The average molecular weight is 232 g/mol. The third kappa shape index (κ3) is 2.63. The van der Waals surface area contributed by atoms with Crippen LogP contribution in [0.1, 0.15) is 31.7 Å². The minimum absolute atomic E-state index is 0.131. The van der Waals surface area contributed by atoms with Crippen molar-refractivity contribution < 1.29 is 0 Å². The molecule has 0 fully saturated rings. The monoisotopic (exact) mass is 231 g/mol. The summed E-state index contributed by atoms with van der Waals surface area (Å²) in [5.41, 5.74) is 7.00. The van der Waals surface area contributed by atoms with Gasteiger partial charge in [-0.15, -0.1) is 0 Å². The van der Waals surface area contributed by atoms with Gasteiger partial charge in [0.2, 0.25) is 0 Å². The lowest BCUT2D eigenvalue weighted by molar-refractivity contribution is 0.551. The van der Waals surface area contributed by atoms with E-state index in [1.807, 2.05) is 12.1 Å². The first-order valence-corrected chi connectivity index (χ1v) is 5.52. The molecule has 1 aromatic rings. The van der Waals surface area contributed by atoms with Gasteiger partial charge in [-0.25, -0.2) is 0 Å². The fourth-order valence-electron chi connectivity index (χ4n) is 1.45. The molecule has 1 rings (SSSR count). The normalized spacial score (nSPS) is 15.2. The summed E-state index contributed by atoms with van der Waals surface area (Å²) in [6.45, 7) is 4.14. The van der Waals surface area contributed by atoms with Gasteiger partial charge < -0.3 is 5.73 Å². The van der Waals surface area contributed by atoms with Gasteiger partial charge in [0.05, 0.1) is 0 Å². The van der Waals surface area contributed by atoms with Crippen LogP contribution in [0.5, 0.6) is 0 Å². The van der Waals surface area contributed by atoms with Crippen LogP contribution in [0.4, 0.5) is 0 Å². The lowest BCUT2D eigenvalue weighted by atomic mass is 9.92. The topological polar surface area (TPSA) is 26.0 Å². The molecule has 0 saturated carbocycles. The third-order valence-corrected chi connectivity index (χ3v) is 3.14. The Morgan fingerprint density at radius 1 is 1.36 bits per heavy atom. The van der Waals surface area contributed by atoms with Crippen molar-refractivity contribution >= 4 is 23.2 Å². The molecule has 0 radical (unpaired) electrons. The lowest BCUT2D eigenvalue weighted by Crippen LogP contribution is -2.25. The van der Waals surface area contributed by atoms with E-state index in [0.29, 0.717) is 5.02 Å². The molecule has 0 aliphatic rings. The summed E-state index contributed by atoms with van der Waals surface area (Å²) in [5.74, 6) is 0.242. The zero-order valence-electron chi connectivity index (χ0n) is 8.43. The fraction of sp³-hybridized carbons (Fsp3) is 0.455. The molecule has 0 bridgehead atoms. The second-order valence-electron chi connectivity index (χ2n) is 3.53. The van der Waals surface area contributed by atoms with E-state index < -0.39 is 0 Å². The van der Waals surface area contributed by atoms with Crippen LogP contribution in [0, 0.1) is 0 Å². The minimum atomic E-state index is 0.131. The Morgan fingerprint density at radius 2 is 2.00 bits per heavy atom. The molecule has 0 amide bonds. The standard InChI is InChI=1S/C11H15Cl2N/c1-3-11(14)7(2)9-6-8(12)4-5-10(9)13/h4-7,11H,3,14H2,1-2H3. The molecule has 3 heteroatoms. The lowest BCUT2D eigenvalue weighted by Gasteiger charge is -2.20. The van der Waals surface area contributed by atoms with E-state index >= 15 is 0 Å². The summed E-state index contributed by atoms with van der Waals surface area (Å²) in [6.07, 6.45) is 0.935. The predicted octanol–water partition coefficient (Wildman–Crippen LogP) is 3.83. The van der Waals surface area contributed by atoms with Crippen molar-refractivity contribution in [2.45, 2.75) is 32.2 Å². The van der Waals surface area contributed by atoms with Gasteiger partial charge in [-0.1, -0.05) is 37.0 Å². The summed E-state index contributed by atoms with van der Waals surface area (Å²) in [5, 5.41) is 1.45. The number of halogens is 2. The highest BCUT2D eigenvalue weighted by Gasteiger charge is 2.16. The molecule has 0 heterocycles. The van der Waals surface area contributed by atoms with Crippen molar-refractivity contribution in [1.29, 1.82) is 0 Å². The maximum absolute atomic E-state index is 6.08. The van der Waals surface area contributed by atoms with E-state index in [0.717, 1.165) is 17.0 Å². The largest absolute Gasteiger partial charge is 0.327 e. The Hall–Kier alpha value is -0.240. The first-order valence-electron chi connectivity index (χ1n) is 4.76. The Labute approximate surface area is 95.2 Å². The van der Waals surface area contributed by atoms with Crippen LogP contribution < -0.4 is 5.73 Å². The molecular formula is C11H15Cl2N. The quantitative estimate of drug-likeness (QED) is 0.841. The molecular weight excluding hydrogens is 217 g/mol. The van der Waals surface area contributed by atoms with Gasteiger partial charge in [0.1, 0.15) is 0 Å². The molecule has 1 aromatic carbocycles. The van der Waals surface area contributed by atoms with Gasteiger partial charge in [0.15, 0.2) is 0 Å². The Balaban J connectivity index is 2.99. The summed E-state index contributed by atoms with van der Waals surface area (Å²) in [4.78, 5) is 0. The highest BCUT2D eigenvalue weighted by molar-refractivity contribution is 6.33. The van der Waals surface area contributed by atoms with E-state index in [1.165, 1.54) is 0 Å². The zero-order valence-corrected chi connectivity index (χ0v) is 9.94. The van der Waals surface area contributed by atoms with Crippen LogP contribution in [0.2, 0.25) is 10.0 Å². The third-order valence-electron chi connectivity index (χ3n) is 2.56. The second-order valence-corrected chi connectivity index (χ2v) is 4.37. The number of hydrogen-bond acceptors (Lipinski definition) is 1. The Kier molecular flexibility index (Phi) is 4.24. The summed E-state index contributed by atoms with van der Waals surface area (Å²) < 4.78 is 0. The maximum Gasteiger partial charge on any atom is 0.0442 e. The number of benzene rings is 1. The van der Waals surface area contributed by atoms with E-state index in [-0.39, 0.29) is 12.0 Å². The van der Waals surface area contributed by atoms with Gasteiger partial charge in [-0.2, -0.15) is 0 Å². The highest BCUT2D eigenvalue weighted by atomic mass is 35.5. The summed E-state index contributed by atoms with van der Waals surface area (Å²) in [6, 6.07) is 5.63. The molecule has 2 unspecified atom stereocenters. The Morgan fingerprint density at radius 3 is 2.57 bits per heavy atom. The van der Waals surface area contributed by atoms with Gasteiger partial charge in [0, 0.05) is 16.1 Å². The summed E-state index contributed by atoms with van der Waals surface area (Å²) >= 11 is 12.0. The molecule has 0 spiro atoms. The van der Waals surface area contributed by atoms with Crippen LogP contribution in [0.25, 0.3) is 0 Å². The van der Waals surface area contributed by atoms with Crippen LogP contribution in [-0.4, -0.2) is 6.04 Å². The number of nitrogens with two attached hydrogens (primary N) is 1. The molecule has 2 atom stereocenters. The van der Waals surface area contributed by atoms with Crippen LogP contribution in [0.3, 0.4) is 0 Å². The Bertz CT molecular complexity index is 312. The number of rotatable bonds is 3. The molecule has 2 N–H and O–H groups in total. The highest BCUT2D eigenvalue weighted by Crippen LogP contribution is 2.29. The van der Waals surface area contributed by atoms with Crippen LogP contribution in [-0.2, 0) is 0 Å². The van der Waals surface area contributed by atoms with Crippen molar-refractivity contribution in [3.8, 4) is 0 Å². The predicted molar refractivity (Wildman–Crippen MR) is 63.1 cm³/mol. The first kappa shape index (κ1) is 11.8. The van der Waals surface area contributed by atoms with Crippen molar-refractivity contribution in [3.05, 3.63) is 33.8 Å². The van der Waals surface area contributed by atoms with E-state index in [4.69, 9.17) is 28.9 Å². The molecule has 1 nitrogen and oxygen atoms in total. The molecule has 0 aromatic heterocycles. The molecule has 78 valence electrons. The first-order chi connectivity index (χ1) is 6.56. The molecule has 0 aliphatic carbocycles. The van der Waals surface area contributed by atoms with Gasteiger partial charge in [-0.05, 0) is 36.1 Å². The summed E-state index contributed by atoms with van der Waals surface area (Å²) in [7, 11) is 0. The van der Waals surface area contributed by atoms with Crippen molar-refractivity contribution in [2.24, 2.45) is 5.73 Å². The van der Waals surface area contributed by atoms with E-state index in [1.54, 1.807) is 6.07 Å². The van der Waals surface area contributed by atoms with Gasteiger partial charge in [0.25, 0.3) is 0 Å². The van der Waals surface area contributed by atoms with Crippen molar-refractivity contribution in [2.75, 3.05) is 0 Å². The number of hydrogen-bond donors (Lipinski definition) is 1. The van der Waals surface area contributed by atoms with Crippen LogP contribution >= 0.6 is 23.2 Å². The van der Waals surface area contributed by atoms with E-state index in [9.17, 15) is 0 Å².